The van der Waals surface area contributed by atoms with Crippen molar-refractivity contribution in [1.82, 2.24) is 25.1 Å². The van der Waals surface area contributed by atoms with Crippen molar-refractivity contribution in [3.8, 4) is 0 Å². The highest BCUT2D eigenvalue weighted by atomic mass is 16.2. The molecule has 38 heavy (non-hydrogen) atoms. The van der Waals surface area contributed by atoms with Crippen molar-refractivity contribution in [2.75, 3.05) is 18.4 Å². The number of aryl methyl sites for hydroxylation is 1. The van der Waals surface area contributed by atoms with Gasteiger partial charge in [0.2, 0.25) is 11.7 Å². The van der Waals surface area contributed by atoms with E-state index < -0.39 is 6.04 Å². The number of para-hydroxylation sites is 1. The molecule has 0 radical (unpaired) electrons. The number of unbranched alkanes of at least 4 members (excludes halogenated alkanes) is 9. The molecule has 7 nitrogen and oxygen atoms in total. The van der Waals surface area contributed by atoms with Gasteiger partial charge < -0.3 is 5.32 Å². The van der Waals surface area contributed by atoms with Crippen LogP contribution in [0.1, 0.15) is 146 Å². The maximum absolute atomic E-state index is 13.8. The van der Waals surface area contributed by atoms with Gasteiger partial charge in [-0.1, -0.05) is 111 Å². The van der Waals surface area contributed by atoms with Gasteiger partial charge in [-0.05, 0) is 60.5 Å². The van der Waals surface area contributed by atoms with E-state index in [1.165, 1.54) is 68.9 Å². The Labute approximate surface area is 231 Å². The average molecular weight is 525 g/mol. The first kappa shape index (κ1) is 30.3. The highest BCUT2D eigenvalue weighted by Crippen LogP contribution is 2.34. The van der Waals surface area contributed by atoms with Crippen LogP contribution in [0.2, 0.25) is 0 Å². The van der Waals surface area contributed by atoms with E-state index in [0.29, 0.717) is 17.7 Å². The van der Waals surface area contributed by atoms with E-state index in [1.54, 1.807) is 4.80 Å². The predicted molar refractivity (Wildman–Crippen MR) is 156 cm³/mol. The van der Waals surface area contributed by atoms with Crippen molar-refractivity contribution >= 4 is 11.6 Å². The van der Waals surface area contributed by atoms with E-state index in [0.717, 1.165) is 44.6 Å². The van der Waals surface area contributed by atoms with Crippen LogP contribution in [-0.2, 0) is 11.3 Å². The molecule has 1 aromatic heterocycles. The SMILES string of the molecule is CCCCCCCCCCCCn1nnc(C(C(=O)Nc2c(C(C)C)cccc2C(C)C)N2CCCC2)n1. The van der Waals surface area contributed by atoms with Crippen LogP contribution in [0.3, 0.4) is 0 Å². The molecule has 0 spiro atoms. The number of rotatable bonds is 17. The topological polar surface area (TPSA) is 75.9 Å². The zero-order chi connectivity index (χ0) is 27.3. The number of likely N-dealkylation sites (tertiary alicyclic amines) is 1. The van der Waals surface area contributed by atoms with Crippen LogP contribution in [0.15, 0.2) is 18.2 Å². The monoisotopic (exact) mass is 524 g/mol. The maximum atomic E-state index is 13.8. The maximum Gasteiger partial charge on any atom is 0.249 e. The van der Waals surface area contributed by atoms with Gasteiger partial charge in [0.1, 0.15) is 0 Å². The molecule has 7 heteroatoms. The summed E-state index contributed by atoms with van der Waals surface area (Å²) in [5, 5.41) is 16.7. The fourth-order valence-corrected chi connectivity index (χ4v) is 5.53. The van der Waals surface area contributed by atoms with E-state index in [-0.39, 0.29) is 5.91 Å². The molecule has 1 atom stereocenters. The molecule has 3 rings (SSSR count). The van der Waals surface area contributed by atoms with E-state index in [9.17, 15) is 4.79 Å². The molecule has 212 valence electrons. The third-order valence-corrected chi connectivity index (χ3v) is 7.80. The molecule has 2 aromatic rings. The Bertz CT molecular complexity index is 937. The molecular formula is C31H52N6O. The number of nitrogens with one attached hydrogen (secondary N) is 1. The first-order valence-electron chi connectivity index (χ1n) is 15.4. The van der Waals surface area contributed by atoms with Crippen LogP contribution in [0.5, 0.6) is 0 Å². The van der Waals surface area contributed by atoms with Crippen molar-refractivity contribution in [2.45, 2.75) is 136 Å². The molecule has 2 heterocycles. The van der Waals surface area contributed by atoms with E-state index >= 15 is 0 Å². The third-order valence-electron chi connectivity index (χ3n) is 7.80. The summed E-state index contributed by atoms with van der Waals surface area (Å²) in [4.78, 5) is 17.7. The summed E-state index contributed by atoms with van der Waals surface area (Å²) >= 11 is 0. The number of hydrogen-bond donors (Lipinski definition) is 1. The summed E-state index contributed by atoms with van der Waals surface area (Å²) in [5.74, 6) is 1.09. The molecule has 1 amide bonds. The molecule has 1 unspecified atom stereocenters. The van der Waals surface area contributed by atoms with Crippen LogP contribution in [0.25, 0.3) is 0 Å². The van der Waals surface area contributed by atoms with E-state index in [2.05, 4.69) is 73.3 Å². The smallest absolute Gasteiger partial charge is 0.249 e. The Morgan fingerprint density at radius 1 is 0.868 bits per heavy atom. The van der Waals surface area contributed by atoms with Gasteiger partial charge in [-0.15, -0.1) is 10.2 Å². The third kappa shape index (κ3) is 8.89. The largest absolute Gasteiger partial charge is 0.324 e. The Balaban J connectivity index is 1.60. The minimum atomic E-state index is -0.515. The lowest BCUT2D eigenvalue weighted by Crippen LogP contribution is -2.36. The lowest BCUT2D eigenvalue weighted by Gasteiger charge is -2.26. The fraction of sp³-hybridized carbons (Fsp3) is 0.742. The Morgan fingerprint density at radius 2 is 1.42 bits per heavy atom. The summed E-state index contributed by atoms with van der Waals surface area (Å²) in [6, 6.07) is 5.83. The standard InChI is InChI=1S/C31H52N6O/c1-6-7-8-9-10-11-12-13-14-15-23-37-34-30(33-35-37)29(36-21-16-17-22-36)31(38)32-28-26(24(2)3)19-18-20-27(28)25(4)5/h18-20,24-25,29H,6-17,21-23H2,1-5H3,(H,32,38). The minimum Gasteiger partial charge on any atom is -0.324 e. The number of tetrazole rings is 1. The van der Waals surface area contributed by atoms with Gasteiger partial charge in [0.25, 0.3) is 0 Å². The highest BCUT2D eigenvalue weighted by Gasteiger charge is 2.34. The number of carbonyl (C=O) groups is 1. The number of hydrogen-bond acceptors (Lipinski definition) is 5. The molecular weight excluding hydrogens is 472 g/mol. The van der Waals surface area contributed by atoms with Crippen molar-refractivity contribution in [2.24, 2.45) is 0 Å². The van der Waals surface area contributed by atoms with E-state index in [1.807, 2.05) is 0 Å². The highest BCUT2D eigenvalue weighted by molar-refractivity contribution is 5.96. The van der Waals surface area contributed by atoms with Crippen LogP contribution in [0.4, 0.5) is 5.69 Å². The Hall–Kier alpha value is -2.28. The predicted octanol–water partition coefficient (Wildman–Crippen LogP) is 7.62. The van der Waals surface area contributed by atoms with Crippen LogP contribution >= 0.6 is 0 Å². The number of nitrogens with zero attached hydrogens (tertiary/aromatic N) is 5. The summed E-state index contributed by atoms with van der Waals surface area (Å²) in [6.45, 7) is 13.5. The van der Waals surface area contributed by atoms with Crippen molar-refractivity contribution in [1.29, 1.82) is 0 Å². The van der Waals surface area contributed by atoms with Crippen molar-refractivity contribution < 1.29 is 4.79 Å². The molecule has 1 saturated heterocycles. The van der Waals surface area contributed by atoms with Crippen LogP contribution in [-0.4, -0.2) is 44.1 Å². The molecule has 1 fully saturated rings. The molecule has 1 aliphatic rings. The number of aromatic nitrogens is 4. The number of anilines is 1. The minimum absolute atomic E-state index is 0.0552. The zero-order valence-electron chi connectivity index (χ0n) is 24.7. The second kappa shape index (κ2) is 16.0. The second-order valence-electron chi connectivity index (χ2n) is 11.7. The van der Waals surface area contributed by atoms with Gasteiger partial charge in [0.15, 0.2) is 6.04 Å². The number of carbonyl (C=O) groups excluding carboxylic acids is 1. The van der Waals surface area contributed by atoms with Crippen molar-refractivity contribution in [3.05, 3.63) is 35.2 Å². The molecule has 0 saturated carbocycles. The van der Waals surface area contributed by atoms with Crippen LogP contribution < -0.4 is 5.32 Å². The summed E-state index contributed by atoms with van der Waals surface area (Å²) < 4.78 is 0. The van der Waals surface area contributed by atoms with Gasteiger partial charge in [-0.25, -0.2) is 0 Å². The van der Waals surface area contributed by atoms with Gasteiger partial charge in [-0.3, -0.25) is 9.69 Å². The fourth-order valence-electron chi connectivity index (χ4n) is 5.53. The lowest BCUT2D eigenvalue weighted by molar-refractivity contribution is -0.121. The van der Waals surface area contributed by atoms with Gasteiger partial charge in [-0.2, -0.15) is 4.80 Å². The zero-order valence-corrected chi connectivity index (χ0v) is 24.7. The molecule has 1 aromatic carbocycles. The average Bonchev–Trinajstić information content (AvgIpc) is 3.58. The quantitative estimate of drug-likeness (QED) is 0.215. The normalized spacial score (nSPS) is 15.0. The summed E-state index contributed by atoms with van der Waals surface area (Å²) in [7, 11) is 0. The van der Waals surface area contributed by atoms with Gasteiger partial charge >= 0.3 is 0 Å². The van der Waals surface area contributed by atoms with Gasteiger partial charge in [0, 0.05) is 5.69 Å². The molecule has 0 bridgehead atoms. The summed E-state index contributed by atoms with van der Waals surface area (Å²) in [5.41, 5.74) is 3.29. The molecule has 1 aliphatic heterocycles. The first-order chi connectivity index (χ1) is 18.4. The lowest BCUT2D eigenvalue weighted by atomic mass is 9.92. The van der Waals surface area contributed by atoms with Crippen molar-refractivity contribution in [3.63, 3.8) is 0 Å². The number of benzene rings is 1. The van der Waals surface area contributed by atoms with Gasteiger partial charge in [0.05, 0.1) is 6.54 Å². The van der Waals surface area contributed by atoms with Crippen LogP contribution in [0, 0.1) is 0 Å². The molecule has 1 N–H and O–H groups in total. The Morgan fingerprint density at radius 3 is 1.97 bits per heavy atom. The molecule has 0 aliphatic carbocycles. The number of amides is 1. The second-order valence-corrected chi connectivity index (χ2v) is 11.7. The van der Waals surface area contributed by atoms with E-state index in [4.69, 9.17) is 5.10 Å². The Kier molecular flexibility index (Phi) is 12.7. The first-order valence-corrected chi connectivity index (χ1v) is 15.4. The summed E-state index contributed by atoms with van der Waals surface area (Å²) in [6.07, 6.45) is 15.2.